The highest BCUT2D eigenvalue weighted by Gasteiger charge is 2.52. The van der Waals surface area contributed by atoms with Crippen molar-refractivity contribution in [2.75, 3.05) is 19.6 Å². The summed E-state index contributed by atoms with van der Waals surface area (Å²) in [5.74, 6) is 2.46. The van der Waals surface area contributed by atoms with Crippen molar-refractivity contribution in [1.82, 2.24) is 25.1 Å². The molecule has 3 aliphatic rings. The molecule has 34 heavy (non-hydrogen) atoms. The molecule has 1 aromatic carbocycles. The minimum atomic E-state index is -0.568. The lowest BCUT2D eigenvalue weighted by atomic mass is 9.91. The monoisotopic (exact) mass is 465 g/mol. The molecule has 0 aromatic heterocycles. The van der Waals surface area contributed by atoms with Crippen molar-refractivity contribution in [2.24, 2.45) is 0 Å². The predicted octanol–water partition coefficient (Wildman–Crippen LogP) is 2.56. The van der Waals surface area contributed by atoms with E-state index in [0.29, 0.717) is 19.5 Å². The van der Waals surface area contributed by atoms with Crippen molar-refractivity contribution in [3.8, 4) is 12.3 Å². The number of fused-ring (bicyclic) bond motifs is 1. The van der Waals surface area contributed by atoms with Gasteiger partial charge in [0.1, 0.15) is 12.2 Å². The second-order valence-electron chi connectivity index (χ2n) is 9.38. The first kappa shape index (κ1) is 24.1. The van der Waals surface area contributed by atoms with Crippen LogP contribution in [0.25, 0.3) is 0 Å². The molecule has 2 saturated heterocycles. The maximum Gasteiger partial charge on any atom is 0.334 e. The van der Waals surface area contributed by atoms with Gasteiger partial charge in [-0.15, -0.1) is 6.42 Å². The van der Waals surface area contributed by atoms with Crippen molar-refractivity contribution in [1.29, 1.82) is 0 Å². The van der Waals surface area contributed by atoms with Crippen LogP contribution in [0.3, 0.4) is 0 Å². The number of nitrogens with one attached hydrogen (secondary N) is 1. The Kier molecular flexibility index (Phi) is 7.73. The molecule has 1 aliphatic carbocycles. The molecule has 2 aliphatic heterocycles. The fourth-order valence-corrected chi connectivity index (χ4v) is 5.52. The van der Waals surface area contributed by atoms with Crippen LogP contribution in [0.1, 0.15) is 57.4 Å². The summed E-state index contributed by atoms with van der Waals surface area (Å²) in [6.45, 7) is 2.83. The number of carbonyl (C=O) groups is 3. The molecule has 0 radical (unpaired) electrons. The van der Waals surface area contributed by atoms with Crippen LogP contribution in [0.4, 0.5) is 4.79 Å². The SMILES string of the molecule is C#CCN1CC(=O)N2[C@@H](CCC)C(=O)N(C3CCCCC3)C[C@@H]2N1C(=O)NCc1ccccc1. The van der Waals surface area contributed by atoms with Crippen molar-refractivity contribution in [2.45, 2.75) is 76.7 Å². The van der Waals surface area contributed by atoms with Crippen LogP contribution < -0.4 is 5.32 Å². The van der Waals surface area contributed by atoms with Gasteiger partial charge in [-0.05, 0) is 24.8 Å². The topological polar surface area (TPSA) is 76.2 Å². The van der Waals surface area contributed by atoms with E-state index in [1.807, 2.05) is 42.2 Å². The van der Waals surface area contributed by atoms with Gasteiger partial charge in [-0.3, -0.25) is 9.59 Å². The fourth-order valence-electron chi connectivity index (χ4n) is 5.52. The third-order valence-corrected chi connectivity index (χ3v) is 7.12. The molecule has 2 heterocycles. The van der Waals surface area contributed by atoms with E-state index in [9.17, 15) is 14.4 Å². The Bertz CT molecular complexity index is 924. The standard InChI is InChI=1S/C26H35N5O3/c1-3-11-22-25(33)29(21-14-9-6-10-15-21)18-23-30(22)24(32)19-28(16-4-2)31(23)26(34)27-17-20-12-7-5-8-13-20/h2,5,7-8,12-13,21-23H,3,6,9-11,14-19H2,1H3,(H,27,34)/t22-,23-/m0/s1. The van der Waals surface area contributed by atoms with Crippen LogP contribution in [-0.2, 0) is 16.1 Å². The Morgan fingerprint density at radius 1 is 1.15 bits per heavy atom. The Morgan fingerprint density at radius 3 is 2.56 bits per heavy atom. The number of carbonyl (C=O) groups excluding carboxylic acids is 3. The molecule has 8 heteroatoms. The molecule has 8 nitrogen and oxygen atoms in total. The molecule has 182 valence electrons. The van der Waals surface area contributed by atoms with E-state index >= 15 is 0 Å². The summed E-state index contributed by atoms with van der Waals surface area (Å²) in [7, 11) is 0. The first-order valence-corrected chi connectivity index (χ1v) is 12.5. The van der Waals surface area contributed by atoms with Gasteiger partial charge in [0.15, 0.2) is 0 Å². The third kappa shape index (κ3) is 4.90. The molecule has 1 N–H and O–H groups in total. The highest BCUT2D eigenvalue weighted by Crippen LogP contribution is 2.32. The van der Waals surface area contributed by atoms with E-state index in [1.165, 1.54) is 6.42 Å². The first-order chi connectivity index (χ1) is 16.5. The van der Waals surface area contributed by atoms with Gasteiger partial charge in [-0.25, -0.2) is 9.80 Å². The van der Waals surface area contributed by atoms with Crippen LogP contribution in [0, 0.1) is 12.3 Å². The predicted molar refractivity (Wildman–Crippen MR) is 129 cm³/mol. The van der Waals surface area contributed by atoms with Crippen LogP contribution >= 0.6 is 0 Å². The molecule has 0 bridgehead atoms. The van der Waals surface area contributed by atoms with Crippen LogP contribution in [-0.4, -0.2) is 75.5 Å². The van der Waals surface area contributed by atoms with Gasteiger partial charge in [-0.2, -0.15) is 5.01 Å². The molecular formula is C26H35N5O3. The average molecular weight is 466 g/mol. The maximum absolute atomic E-state index is 13.6. The van der Waals surface area contributed by atoms with Gasteiger partial charge >= 0.3 is 6.03 Å². The number of amides is 4. The number of urea groups is 1. The molecule has 3 fully saturated rings. The summed E-state index contributed by atoms with van der Waals surface area (Å²) in [6.07, 6.45) is 11.7. The minimum Gasteiger partial charge on any atom is -0.334 e. The molecule has 1 aromatic rings. The van der Waals surface area contributed by atoms with E-state index in [0.717, 1.165) is 37.7 Å². The number of piperazine rings is 1. The summed E-state index contributed by atoms with van der Waals surface area (Å²) >= 11 is 0. The van der Waals surface area contributed by atoms with Gasteiger partial charge in [0.25, 0.3) is 0 Å². The maximum atomic E-state index is 13.6. The Balaban J connectivity index is 1.63. The highest BCUT2D eigenvalue weighted by atomic mass is 16.2. The van der Waals surface area contributed by atoms with E-state index in [1.54, 1.807) is 14.9 Å². The summed E-state index contributed by atoms with van der Waals surface area (Å²) in [4.78, 5) is 44.0. The van der Waals surface area contributed by atoms with Crippen molar-refractivity contribution in [3.05, 3.63) is 35.9 Å². The summed E-state index contributed by atoms with van der Waals surface area (Å²) in [5, 5.41) is 6.23. The molecule has 4 amide bonds. The van der Waals surface area contributed by atoms with Gasteiger partial charge in [0.05, 0.1) is 19.6 Å². The Labute approximate surface area is 202 Å². The average Bonchev–Trinajstić information content (AvgIpc) is 2.85. The molecular weight excluding hydrogens is 430 g/mol. The van der Waals surface area contributed by atoms with Crippen molar-refractivity contribution >= 4 is 17.8 Å². The molecule has 0 unspecified atom stereocenters. The number of hydrogen-bond donors (Lipinski definition) is 1. The number of benzene rings is 1. The zero-order chi connectivity index (χ0) is 24.1. The Hall–Kier alpha value is -3.05. The van der Waals surface area contributed by atoms with Crippen LogP contribution in [0.15, 0.2) is 30.3 Å². The second-order valence-corrected chi connectivity index (χ2v) is 9.38. The lowest BCUT2D eigenvalue weighted by Gasteiger charge is -2.56. The van der Waals surface area contributed by atoms with Gasteiger partial charge in [0, 0.05) is 12.6 Å². The number of hydrogen-bond acceptors (Lipinski definition) is 4. The van der Waals surface area contributed by atoms with Crippen LogP contribution in [0.2, 0.25) is 0 Å². The molecule has 2 atom stereocenters. The van der Waals surface area contributed by atoms with E-state index in [2.05, 4.69) is 11.2 Å². The molecule has 0 spiro atoms. The molecule has 1 saturated carbocycles. The first-order valence-electron chi connectivity index (χ1n) is 12.5. The number of hydrazine groups is 1. The number of rotatable bonds is 6. The molecule has 4 rings (SSSR count). The lowest BCUT2D eigenvalue weighted by molar-refractivity contribution is -0.192. The van der Waals surface area contributed by atoms with Gasteiger partial charge in [-0.1, -0.05) is 68.9 Å². The van der Waals surface area contributed by atoms with E-state index in [-0.39, 0.29) is 37.0 Å². The van der Waals surface area contributed by atoms with E-state index in [4.69, 9.17) is 6.42 Å². The highest BCUT2D eigenvalue weighted by molar-refractivity contribution is 5.91. The fraction of sp³-hybridized carbons (Fsp3) is 0.577. The van der Waals surface area contributed by atoms with E-state index < -0.39 is 12.2 Å². The Morgan fingerprint density at radius 2 is 1.88 bits per heavy atom. The van der Waals surface area contributed by atoms with Crippen molar-refractivity contribution in [3.63, 3.8) is 0 Å². The van der Waals surface area contributed by atoms with Gasteiger partial charge < -0.3 is 15.1 Å². The summed E-state index contributed by atoms with van der Waals surface area (Å²) in [6, 6.07) is 9.00. The second kappa shape index (κ2) is 10.9. The van der Waals surface area contributed by atoms with Crippen LogP contribution in [0.5, 0.6) is 0 Å². The van der Waals surface area contributed by atoms with Gasteiger partial charge in [0.2, 0.25) is 11.8 Å². The zero-order valence-corrected chi connectivity index (χ0v) is 20.0. The summed E-state index contributed by atoms with van der Waals surface area (Å²) in [5.41, 5.74) is 0.982. The zero-order valence-electron chi connectivity index (χ0n) is 20.0. The smallest absolute Gasteiger partial charge is 0.334 e. The largest absolute Gasteiger partial charge is 0.334 e. The quantitative estimate of drug-likeness (QED) is 0.656. The minimum absolute atomic E-state index is 0.0175. The van der Waals surface area contributed by atoms with Crippen molar-refractivity contribution < 1.29 is 14.4 Å². The third-order valence-electron chi connectivity index (χ3n) is 7.12. The number of terminal acetylenes is 1. The lowest BCUT2D eigenvalue weighted by Crippen LogP contribution is -2.77. The normalized spacial score (nSPS) is 24.1. The summed E-state index contributed by atoms with van der Waals surface area (Å²) < 4.78 is 0. The number of nitrogens with zero attached hydrogens (tertiary/aromatic N) is 4.